The minimum Gasteiger partial charge on any atom is -0.481 e. The number of carboxylic acid groups (broad SMARTS) is 1. The Bertz CT molecular complexity index is 408. The Balaban J connectivity index is 2.13. The summed E-state index contributed by atoms with van der Waals surface area (Å²) in [5.41, 5.74) is -0.403. The lowest BCUT2D eigenvalue weighted by molar-refractivity contribution is -0.142. The summed E-state index contributed by atoms with van der Waals surface area (Å²) in [6.07, 6.45) is 1.88. The molecule has 3 atom stereocenters. The average Bonchev–Trinajstić information content (AvgIpc) is 2.99. The van der Waals surface area contributed by atoms with Gasteiger partial charge in [-0.2, -0.15) is 0 Å². The molecular weight excluding hydrogens is 256 g/mol. The number of aliphatic carboxylic acids is 1. The molecule has 1 aliphatic carbocycles. The van der Waals surface area contributed by atoms with E-state index in [1.807, 2.05) is 18.7 Å². The third-order valence-electron chi connectivity index (χ3n) is 5.02. The van der Waals surface area contributed by atoms with E-state index in [2.05, 4.69) is 18.9 Å². The van der Waals surface area contributed by atoms with E-state index in [4.69, 9.17) is 0 Å². The first-order valence-corrected chi connectivity index (χ1v) is 7.52. The van der Waals surface area contributed by atoms with Gasteiger partial charge in [0.2, 0.25) is 5.91 Å². The van der Waals surface area contributed by atoms with Crippen LogP contribution in [-0.4, -0.2) is 59.5 Å². The Morgan fingerprint density at radius 2 is 1.90 bits per heavy atom. The van der Waals surface area contributed by atoms with Crippen molar-refractivity contribution in [2.75, 3.05) is 26.7 Å². The Hall–Kier alpha value is -1.10. The number of hydrogen-bond donors (Lipinski definition) is 1. The van der Waals surface area contributed by atoms with E-state index in [1.165, 1.54) is 0 Å². The molecule has 0 aromatic rings. The van der Waals surface area contributed by atoms with Crippen LogP contribution in [0.15, 0.2) is 0 Å². The van der Waals surface area contributed by atoms with Crippen molar-refractivity contribution in [2.45, 2.75) is 39.7 Å². The molecular formula is C15H26N2O3. The standard InChI is InChI=1S/C15H26N2O3/c1-5-10-9-16(4)7-6-8-17(10)13(18)11-12(14(19)20)15(11,2)3/h10-12H,5-9H2,1-4H3,(H,19,20). The molecule has 0 aromatic heterocycles. The monoisotopic (exact) mass is 282 g/mol. The van der Waals surface area contributed by atoms with Gasteiger partial charge in [0.05, 0.1) is 11.8 Å². The van der Waals surface area contributed by atoms with Gasteiger partial charge in [-0.15, -0.1) is 0 Å². The normalized spacial score (nSPS) is 33.6. The Morgan fingerprint density at radius 3 is 2.40 bits per heavy atom. The molecule has 5 nitrogen and oxygen atoms in total. The quantitative estimate of drug-likeness (QED) is 0.847. The number of carbonyl (C=O) groups is 2. The summed E-state index contributed by atoms with van der Waals surface area (Å²) in [7, 11) is 2.08. The molecule has 1 heterocycles. The second-order valence-corrected chi connectivity index (χ2v) is 6.82. The minimum atomic E-state index is -0.840. The van der Waals surface area contributed by atoms with Crippen molar-refractivity contribution in [1.29, 1.82) is 0 Å². The highest BCUT2D eigenvalue weighted by Gasteiger charge is 2.66. The predicted molar refractivity (Wildman–Crippen MR) is 76.3 cm³/mol. The summed E-state index contributed by atoms with van der Waals surface area (Å²) in [6.45, 7) is 8.50. The van der Waals surface area contributed by atoms with Crippen LogP contribution in [0.1, 0.15) is 33.6 Å². The Kier molecular flexibility index (Phi) is 4.09. The van der Waals surface area contributed by atoms with Crippen LogP contribution in [0.25, 0.3) is 0 Å². The van der Waals surface area contributed by atoms with Crippen LogP contribution < -0.4 is 0 Å². The van der Waals surface area contributed by atoms with Gasteiger partial charge >= 0.3 is 5.97 Å². The van der Waals surface area contributed by atoms with Gasteiger partial charge in [0.15, 0.2) is 0 Å². The zero-order valence-electron chi connectivity index (χ0n) is 12.9. The number of likely N-dealkylation sites (N-methyl/N-ethyl adjacent to an activating group) is 1. The maximum atomic E-state index is 12.8. The van der Waals surface area contributed by atoms with Crippen molar-refractivity contribution in [3.63, 3.8) is 0 Å². The van der Waals surface area contributed by atoms with Gasteiger partial charge in [-0.1, -0.05) is 20.8 Å². The maximum Gasteiger partial charge on any atom is 0.307 e. The van der Waals surface area contributed by atoms with Gasteiger partial charge in [0.1, 0.15) is 0 Å². The molecule has 1 amide bonds. The van der Waals surface area contributed by atoms with Crippen LogP contribution in [0.2, 0.25) is 0 Å². The van der Waals surface area contributed by atoms with Crippen molar-refractivity contribution in [1.82, 2.24) is 9.80 Å². The molecule has 1 aliphatic heterocycles. The van der Waals surface area contributed by atoms with E-state index in [1.54, 1.807) is 0 Å². The maximum absolute atomic E-state index is 12.8. The SMILES string of the molecule is CCC1CN(C)CCCN1C(=O)C1C(C(=O)O)C1(C)C. The zero-order valence-corrected chi connectivity index (χ0v) is 12.9. The molecule has 2 rings (SSSR count). The number of carboxylic acids is 1. The van der Waals surface area contributed by atoms with Crippen LogP contribution in [0.5, 0.6) is 0 Å². The third kappa shape index (κ3) is 2.55. The molecule has 20 heavy (non-hydrogen) atoms. The lowest BCUT2D eigenvalue weighted by atomic mass is 10.1. The summed E-state index contributed by atoms with van der Waals surface area (Å²) in [4.78, 5) is 28.2. The lowest BCUT2D eigenvalue weighted by Crippen LogP contribution is -2.45. The highest BCUT2D eigenvalue weighted by Crippen LogP contribution is 2.59. The number of rotatable bonds is 3. The average molecular weight is 282 g/mol. The second kappa shape index (κ2) is 5.35. The van der Waals surface area contributed by atoms with E-state index in [9.17, 15) is 14.7 Å². The van der Waals surface area contributed by atoms with Crippen LogP contribution in [0.3, 0.4) is 0 Å². The van der Waals surface area contributed by atoms with Crippen LogP contribution in [0, 0.1) is 17.3 Å². The molecule has 0 aromatic carbocycles. The number of amides is 1. The smallest absolute Gasteiger partial charge is 0.307 e. The van der Waals surface area contributed by atoms with E-state index < -0.39 is 17.3 Å². The lowest BCUT2D eigenvalue weighted by Gasteiger charge is -2.31. The summed E-state index contributed by atoms with van der Waals surface area (Å²) in [5, 5.41) is 9.25. The first kappa shape index (κ1) is 15.3. The van der Waals surface area contributed by atoms with Gasteiger partial charge < -0.3 is 14.9 Å². The van der Waals surface area contributed by atoms with E-state index in [-0.39, 0.29) is 17.9 Å². The number of nitrogens with zero attached hydrogens (tertiary/aromatic N) is 2. The Morgan fingerprint density at radius 1 is 1.25 bits per heavy atom. The Labute approximate surface area is 120 Å². The molecule has 0 bridgehead atoms. The fourth-order valence-electron chi connectivity index (χ4n) is 3.62. The molecule has 1 saturated carbocycles. The van der Waals surface area contributed by atoms with Gasteiger partial charge in [0.25, 0.3) is 0 Å². The summed E-state index contributed by atoms with van der Waals surface area (Å²) >= 11 is 0. The molecule has 114 valence electrons. The summed E-state index contributed by atoms with van der Waals surface area (Å²) < 4.78 is 0. The molecule has 0 spiro atoms. The van der Waals surface area contributed by atoms with Crippen molar-refractivity contribution in [3.05, 3.63) is 0 Å². The molecule has 1 N–H and O–H groups in total. The van der Waals surface area contributed by atoms with Crippen molar-refractivity contribution >= 4 is 11.9 Å². The number of hydrogen-bond acceptors (Lipinski definition) is 3. The second-order valence-electron chi connectivity index (χ2n) is 6.82. The predicted octanol–water partition coefficient (Wildman–Crippen LogP) is 1.29. The molecule has 2 aliphatic rings. The third-order valence-corrected chi connectivity index (χ3v) is 5.02. The molecule has 3 unspecified atom stereocenters. The van der Waals surface area contributed by atoms with Crippen molar-refractivity contribution < 1.29 is 14.7 Å². The van der Waals surface area contributed by atoms with Crippen molar-refractivity contribution in [3.8, 4) is 0 Å². The van der Waals surface area contributed by atoms with E-state index in [0.717, 1.165) is 32.5 Å². The zero-order chi connectivity index (χ0) is 15.1. The van der Waals surface area contributed by atoms with Gasteiger partial charge in [-0.25, -0.2) is 0 Å². The van der Waals surface area contributed by atoms with Gasteiger partial charge in [-0.05, 0) is 31.8 Å². The number of carbonyl (C=O) groups excluding carboxylic acids is 1. The van der Waals surface area contributed by atoms with Gasteiger partial charge in [-0.3, -0.25) is 9.59 Å². The van der Waals surface area contributed by atoms with E-state index >= 15 is 0 Å². The highest BCUT2D eigenvalue weighted by molar-refractivity contribution is 5.91. The summed E-state index contributed by atoms with van der Waals surface area (Å²) in [5.74, 6) is -1.66. The minimum absolute atomic E-state index is 0.0459. The topological polar surface area (TPSA) is 60.9 Å². The van der Waals surface area contributed by atoms with E-state index in [0.29, 0.717) is 0 Å². The van der Waals surface area contributed by atoms with Gasteiger partial charge in [0, 0.05) is 19.1 Å². The fraction of sp³-hybridized carbons (Fsp3) is 0.867. The fourth-order valence-corrected chi connectivity index (χ4v) is 3.62. The molecule has 0 radical (unpaired) electrons. The first-order valence-electron chi connectivity index (χ1n) is 7.52. The highest BCUT2D eigenvalue weighted by atomic mass is 16.4. The largest absolute Gasteiger partial charge is 0.481 e. The first-order chi connectivity index (χ1) is 9.30. The van der Waals surface area contributed by atoms with Crippen LogP contribution in [-0.2, 0) is 9.59 Å². The molecule has 2 fully saturated rings. The molecule has 5 heteroatoms. The van der Waals surface area contributed by atoms with Crippen LogP contribution >= 0.6 is 0 Å². The summed E-state index contributed by atoms with van der Waals surface area (Å²) in [6, 6.07) is 0.209. The molecule has 1 saturated heterocycles. The van der Waals surface area contributed by atoms with Crippen LogP contribution in [0.4, 0.5) is 0 Å². The van der Waals surface area contributed by atoms with Crippen molar-refractivity contribution in [2.24, 2.45) is 17.3 Å².